The smallest absolute Gasteiger partial charge is 0.276 e. The number of pyridine rings is 1. The molecule has 7 nitrogen and oxygen atoms in total. The zero-order valence-electron chi connectivity index (χ0n) is 17.7. The second-order valence-corrected chi connectivity index (χ2v) is 7.73. The van der Waals surface area contributed by atoms with Gasteiger partial charge in [-0.2, -0.15) is 0 Å². The van der Waals surface area contributed by atoms with Gasteiger partial charge in [0.05, 0.1) is 13.2 Å². The van der Waals surface area contributed by atoms with E-state index in [0.29, 0.717) is 18.1 Å². The number of methoxy groups -OCH3 is 1. The fourth-order valence-electron chi connectivity index (χ4n) is 4.18. The fourth-order valence-corrected chi connectivity index (χ4v) is 4.18. The van der Waals surface area contributed by atoms with Crippen LogP contribution >= 0.6 is 0 Å². The van der Waals surface area contributed by atoms with Crippen LogP contribution in [0.4, 0.5) is 0 Å². The minimum atomic E-state index is -0.142. The molecule has 4 aromatic rings. The Morgan fingerprint density at radius 3 is 2.94 bits per heavy atom. The van der Waals surface area contributed by atoms with Crippen LogP contribution < -0.4 is 9.47 Å². The predicted octanol–water partition coefficient (Wildman–Crippen LogP) is 4.79. The van der Waals surface area contributed by atoms with Gasteiger partial charge in [0, 0.05) is 24.2 Å². The molecule has 7 heteroatoms. The Kier molecular flexibility index (Phi) is 5.46. The second-order valence-electron chi connectivity index (χ2n) is 7.73. The molecule has 0 saturated carbocycles. The Hall–Kier alpha value is -3.87. The zero-order chi connectivity index (χ0) is 21.9. The van der Waals surface area contributed by atoms with Crippen LogP contribution in [-0.2, 0) is 6.61 Å². The lowest BCUT2D eigenvalue weighted by molar-refractivity contribution is 0.0724. The number of ether oxygens (including phenoxy) is 2. The number of para-hydroxylation sites is 1. The second kappa shape index (κ2) is 8.70. The van der Waals surface area contributed by atoms with Crippen LogP contribution in [0, 0.1) is 0 Å². The van der Waals surface area contributed by atoms with E-state index in [-0.39, 0.29) is 24.2 Å². The number of aromatic nitrogens is 2. The fraction of sp³-hybridized carbons (Fsp3) is 0.240. The Labute approximate surface area is 185 Å². The molecule has 2 aromatic heterocycles. The highest BCUT2D eigenvalue weighted by Crippen LogP contribution is 2.34. The summed E-state index contributed by atoms with van der Waals surface area (Å²) in [5.74, 6) is 1.78. The molecule has 0 aliphatic carbocycles. The molecule has 0 radical (unpaired) electrons. The van der Waals surface area contributed by atoms with Gasteiger partial charge >= 0.3 is 0 Å². The highest BCUT2D eigenvalue weighted by Gasteiger charge is 2.32. The Balaban J connectivity index is 1.30. The number of likely N-dealkylation sites (tertiary alicyclic amines) is 1. The highest BCUT2D eigenvalue weighted by molar-refractivity contribution is 5.92. The van der Waals surface area contributed by atoms with Crippen molar-refractivity contribution in [3.63, 3.8) is 0 Å². The van der Waals surface area contributed by atoms with Crippen molar-refractivity contribution in [3.8, 4) is 11.5 Å². The molecular formula is C25H23N3O4. The highest BCUT2D eigenvalue weighted by atomic mass is 16.5. The summed E-state index contributed by atoms with van der Waals surface area (Å²) in [5.41, 5.74) is 2.13. The summed E-state index contributed by atoms with van der Waals surface area (Å²) >= 11 is 0. The first-order valence-corrected chi connectivity index (χ1v) is 10.6. The van der Waals surface area contributed by atoms with Crippen LogP contribution in [0.5, 0.6) is 11.5 Å². The molecule has 0 N–H and O–H groups in total. The van der Waals surface area contributed by atoms with Crippen molar-refractivity contribution >= 4 is 16.8 Å². The normalized spacial score (nSPS) is 15.8. The number of hydrogen-bond donors (Lipinski definition) is 0. The van der Waals surface area contributed by atoms with Gasteiger partial charge in [-0.3, -0.25) is 9.78 Å². The van der Waals surface area contributed by atoms with Crippen molar-refractivity contribution in [2.24, 2.45) is 0 Å². The summed E-state index contributed by atoms with van der Waals surface area (Å²) in [6.07, 6.45) is 3.57. The molecule has 1 aliphatic heterocycles. The van der Waals surface area contributed by atoms with Crippen molar-refractivity contribution in [2.75, 3.05) is 13.7 Å². The van der Waals surface area contributed by atoms with Gasteiger partial charge in [0.2, 0.25) is 0 Å². The van der Waals surface area contributed by atoms with Crippen LogP contribution in [0.15, 0.2) is 71.4 Å². The van der Waals surface area contributed by atoms with E-state index in [2.05, 4.69) is 10.1 Å². The van der Waals surface area contributed by atoms with Gasteiger partial charge in [-0.05, 0) is 42.7 Å². The standard InChI is InChI=1S/C25H23N3O4/c1-30-19-9-2-7-18(14-19)22-10-5-13-28(22)25(29)21-15-20(32-27-21)16-31-23-11-3-6-17-8-4-12-26-24(17)23/h2-4,6-9,11-12,14-15,22H,5,10,13,16H2,1H3/t22-/m0/s1. The van der Waals surface area contributed by atoms with E-state index in [1.54, 1.807) is 19.4 Å². The first kappa shape index (κ1) is 20.1. The third-order valence-corrected chi connectivity index (χ3v) is 5.74. The van der Waals surface area contributed by atoms with E-state index in [9.17, 15) is 4.79 Å². The summed E-state index contributed by atoms with van der Waals surface area (Å²) in [6, 6.07) is 19.1. The molecule has 2 aromatic carbocycles. The van der Waals surface area contributed by atoms with Crippen LogP contribution in [0.25, 0.3) is 10.9 Å². The summed E-state index contributed by atoms with van der Waals surface area (Å²) < 4.78 is 16.6. The van der Waals surface area contributed by atoms with Gasteiger partial charge in [-0.25, -0.2) is 0 Å². The van der Waals surface area contributed by atoms with Gasteiger partial charge in [0.15, 0.2) is 11.5 Å². The summed E-state index contributed by atoms with van der Waals surface area (Å²) in [7, 11) is 1.64. The van der Waals surface area contributed by atoms with Crippen LogP contribution in [0.2, 0.25) is 0 Å². The average molecular weight is 429 g/mol. The molecule has 0 bridgehead atoms. The lowest BCUT2D eigenvalue weighted by Crippen LogP contribution is -2.30. The van der Waals surface area contributed by atoms with Crippen LogP contribution in [-0.4, -0.2) is 34.6 Å². The number of fused-ring (bicyclic) bond motifs is 1. The molecular weight excluding hydrogens is 406 g/mol. The maximum Gasteiger partial charge on any atom is 0.276 e. The van der Waals surface area contributed by atoms with Crippen LogP contribution in [0.1, 0.15) is 40.7 Å². The van der Waals surface area contributed by atoms with E-state index in [4.69, 9.17) is 14.0 Å². The number of benzene rings is 2. The Bertz CT molecular complexity index is 1250. The van der Waals surface area contributed by atoms with Gasteiger partial charge in [-0.1, -0.05) is 35.5 Å². The number of nitrogens with zero attached hydrogens (tertiary/aromatic N) is 3. The molecule has 5 rings (SSSR count). The number of amides is 1. The number of carbonyl (C=O) groups excluding carboxylic acids is 1. The maximum atomic E-state index is 13.2. The molecule has 32 heavy (non-hydrogen) atoms. The average Bonchev–Trinajstić information content (AvgIpc) is 3.52. The molecule has 1 amide bonds. The number of rotatable bonds is 6. The van der Waals surface area contributed by atoms with Gasteiger partial charge in [0.25, 0.3) is 5.91 Å². The summed E-state index contributed by atoms with van der Waals surface area (Å²) in [6.45, 7) is 0.844. The SMILES string of the molecule is COc1cccc([C@@H]2CCCN2C(=O)c2cc(COc3cccc4cccnc34)on2)c1. The van der Waals surface area contributed by atoms with Crippen molar-refractivity contribution < 1.29 is 18.8 Å². The third-order valence-electron chi connectivity index (χ3n) is 5.74. The van der Waals surface area contributed by atoms with Crippen molar-refractivity contribution in [3.05, 3.63) is 83.9 Å². The van der Waals surface area contributed by atoms with E-state index in [1.807, 2.05) is 59.5 Å². The monoisotopic (exact) mass is 429 g/mol. The number of hydrogen-bond acceptors (Lipinski definition) is 6. The molecule has 0 spiro atoms. The lowest BCUT2D eigenvalue weighted by Gasteiger charge is -2.24. The number of carbonyl (C=O) groups is 1. The molecule has 1 atom stereocenters. The van der Waals surface area contributed by atoms with E-state index in [1.165, 1.54) is 0 Å². The van der Waals surface area contributed by atoms with E-state index in [0.717, 1.165) is 35.1 Å². The molecule has 0 unspecified atom stereocenters. The minimum Gasteiger partial charge on any atom is -0.497 e. The lowest BCUT2D eigenvalue weighted by atomic mass is 10.0. The van der Waals surface area contributed by atoms with Gasteiger partial charge < -0.3 is 18.9 Å². The molecule has 1 saturated heterocycles. The van der Waals surface area contributed by atoms with Crippen molar-refractivity contribution in [1.29, 1.82) is 0 Å². The largest absolute Gasteiger partial charge is 0.497 e. The summed E-state index contributed by atoms with van der Waals surface area (Å²) in [4.78, 5) is 19.4. The minimum absolute atomic E-state index is 0.00393. The molecule has 3 heterocycles. The van der Waals surface area contributed by atoms with Gasteiger partial charge in [0.1, 0.15) is 23.6 Å². The quantitative estimate of drug-likeness (QED) is 0.439. The first-order chi connectivity index (χ1) is 15.7. The van der Waals surface area contributed by atoms with Crippen molar-refractivity contribution in [1.82, 2.24) is 15.0 Å². The summed E-state index contributed by atoms with van der Waals surface area (Å²) in [5, 5.41) is 5.01. The molecule has 1 fully saturated rings. The maximum absolute atomic E-state index is 13.2. The third kappa shape index (κ3) is 3.89. The van der Waals surface area contributed by atoms with Crippen LogP contribution in [0.3, 0.4) is 0 Å². The van der Waals surface area contributed by atoms with Crippen molar-refractivity contribution in [2.45, 2.75) is 25.5 Å². The van der Waals surface area contributed by atoms with E-state index >= 15 is 0 Å². The Morgan fingerprint density at radius 1 is 1.16 bits per heavy atom. The zero-order valence-corrected chi connectivity index (χ0v) is 17.7. The van der Waals surface area contributed by atoms with Gasteiger partial charge in [-0.15, -0.1) is 0 Å². The topological polar surface area (TPSA) is 77.7 Å². The predicted molar refractivity (Wildman–Crippen MR) is 119 cm³/mol. The first-order valence-electron chi connectivity index (χ1n) is 10.6. The van der Waals surface area contributed by atoms with E-state index < -0.39 is 0 Å². The Morgan fingerprint density at radius 2 is 2.03 bits per heavy atom. The molecule has 1 aliphatic rings. The molecule has 162 valence electrons.